The van der Waals surface area contributed by atoms with Crippen molar-refractivity contribution in [3.05, 3.63) is 65.4 Å². The molecule has 2 nitrogen and oxygen atoms in total. The Morgan fingerprint density at radius 1 is 1.03 bits per heavy atom. The largest absolute Gasteiger partial charge is 0.308 e. The van der Waals surface area contributed by atoms with Crippen LogP contribution < -0.4 is 0 Å². The first kappa shape index (κ1) is 28.0. The molecule has 0 spiro atoms. The first-order chi connectivity index (χ1) is 14.9. The molecule has 1 rings (SSSR count). The van der Waals surface area contributed by atoms with E-state index in [1.807, 2.05) is 26.8 Å². The van der Waals surface area contributed by atoms with Gasteiger partial charge in [0.2, 0.25) is 0 Å². The standard InChI is InChI=1S/C28H43FN2S/c1-14-22(12)26-24(23(15-2)27(29)28(30-13)18(4)5)17-31(25(26)16-3)32(19(6)7,20(8)9)21(10)11/h14-17,19-21H,2-3,13H2,1,4-12H3/b22-14-,27-23-. The van der Waals surface area contributed by atoms with Crippen LogP contribution in [0.3, 0.4) is 0 Å². The van der Waals surface area contributed by atoms with Crippen LogP contribution in [0.4, 0.5) is 4.39 Å². The molecule has 0 radical (unpaired) electrons. The van der Waals surface area contributed by atoms with Crippen molar-refractivity contribution in [3.8, 4) is 0 Å². The maximum absolute atomic E-state index is 15.8. The summed E-state index contributed by atoms with van der Waals surface area (Å²) in [5, 5.41) is 1.30. The van der Waals surface area contributed by atoms with E-state index in [0.717, 1.165) is 28.0 Å². The van der Waals surface area contributed by atoms with Crippen molar-refractivity contribution in [2.75, 3.05) is 0 Å². The summed E-state index contributed by atoms with van der Waals surface area (Å²) in [5.41, 5.74) is 5.43. The van der Waals surface area contributed by atoms with E-state index in [9.17, 15) is 0 Å². The van der Waals surface area contributed by atoms with Crippen LogP contribution in [0.5, 0.6) is 0 Å². The zero-order chi connectivity index (χ0) is 25.0. The zero-order valence-corrected chi connectivity index (χ0v) is 22.7. The third kappa shape index (κ3) is 4.66. The lowest BCUT2D eigenvalue weighted by atomic mass is 9.95. The Morgan fingerprint density at radius 3 is 1.84 bits per heavy atom. The number of rotatable bonds is 10. The molecule has 1 aromatic heterocycles. The molecule has 0 amide bonds. The molecule has 4 heteroatoms. The van der Waals surface area contributed by atoms with E-state index >= 15 is 4.39 Å². The normalized spacial score (nSPS) is 14.0. The van der Waals surface area contributed by atoms with Gasteiger partial charge in [0.05, 0.1) is 11.4 Å². The number of allylic oxidation sites excluding steroid dienone is 6. The van der Waals surface area contributed by atoms with Crippen LogP contribution in [0.25, 0.3) is 17.2 Å². The van der Waals surface area contributed by atoms with Gasteiger partial charge in [0.15, 0.2) is 5.83 Å². The topological polar surface area (TPSA) is 17.3 Å². The number of aliphatic imine (C=N–C) groups is 1. The summed E-state index contributed by atoms with van der Waals surface area (Å²) in [6.07, 6.45) is 7.73. The zero-order valence-electron chi connectivity index (χ0n) is 21.8. The Bertz CT molecular complexity index is 942. The lowest BCUT2D eigenvalue weighted by Gasteiger charge is -2.53. The van der Waals surface area contributed by atoms with Gasteiger partial charge in [-0.1, -0.05) is 66.9 Å². The third-order valence-electron chi connectivity index (χ3n) is 6.21. The highest BCUT2D eigenvalue weighted by atomic mass is 32.3. The second-order valence-corrected chi connectivity index (χ2v) is 13.8. The number of aromatic nitrogens is 1. The first-order valence-electron chi connectivity index (χ1n) is 11.4. The van der Waals surface area contributed by atoms with Crippen molar-refractivity contribution in [2.24, 2.45) is 4.99 Å². The monoisotopic (exact) mass is 458 g/mol. The third-order valence-corrected chi connectivity index (χ3v) is 11.7. The highest BCUT2D eigenvalue weighted by molar-refractivity contribution is 8.33. The number of nitrogens with zero attached hydrogens (tertiary/aromatic N) is 2. The van der Waals surface area contributed by atoms with Crippen molar-refractivity contribution >= 4 is 34.2 Å². The maximum Gasteiger partial charge on any atom is 0.156 e. The van der Waals surface area contributed by atoms with Crippen LogP contribution in [0, 0.1) is 0 Å². The molecular formula is C28H43FN2S. The molecular weight excluding hydrogens is 415 g/mol. The van der Waals surface area contributed by atoms with Gasteiger partial charge in [-0.25, -0.2) is 4.39 Å². The Kier molecular flexibility index (Phi) is 9.77. The van der Waals surface area contributed by atoms with Gasteiger partial charge >= 0.3 is 0 Å². The summed E-state index contributed by atoms with van der Waals surface area (Å²) < 4.78 is 18.2. The summed E-state index contributed by atoms with van der Waals surface area (Å²) >= 11 is 0. The highest BCUT2D eigenvalue weighted by Gasteiger charge is 2.39. The molecule has 0 aliphatic carbocycles. The van der Waals surface area contributed by atoms with Gasteiger partial charge in [-0.3, -0.25) is 4.99 Å². The predicted octanol–water partition coefficient (Wildman–Crippen LogP) is 9.21. The maximum atomic E-state index is 15.8. The van der Waals surface area contributed by atoms with Crippen molar-refractivity contribution in [1.82, 2.24) is 3.97 Å². The van der Waals surface area contributed by atoms with E-state index in [-0.39, 0.29) is 5.70 Å². The minimum Gasteiger partial charge on any atom is -0.308 e. The molecule has 0 bridgehead atoms. The van der Waals surface area contributed by atoms with Crippen molar-refractivity contribution in [1.29, 1.82) is 0 Å². The first-order valence-corrected chi connectivity index (χ1v) is 13.1. The van der Waals surface area contributed by atoms with Gasteiger partial charge in [-0.2, -0.15) is 10.2 Å². The smallest absolute Gasteiger partial charge is 0.156 e. The summed E-state index contributed by atoms with van der Waals surface area (Å²) in [4.78, 5) is 3.97. The van der Waals surface area contributed by atoms with Crippen molar-refractivity contribution < 1.29 is 4.39 Å². The van der Waals surface area contributed by atoms with Gasteiger partial charge in [0.1, 0.15) is 0 Å². The van der Waals surface area contributed by atoms with E-state index in [2.05, 4.69) is 89.6 Å². The molecule has 0 saturated heterocycles. The number of hydrogen-bond donors (Lipinski definition) is 0. The molecule has 178 valence electrons. The minimum absolute atomic E-state index is 0.270. The average molecular weight is 459 g/mol. The Hall–Kier alpha value is -2.07. The second kappa shape index (κ2) is 11.2. The summed E-state index contributed by atoms with van der Waals surface area (Å²) in [5.74, 6) is -0.396. The van der Waals surface area contributed by atoms with Crippen molar-refractivity contribution in [2.45, 2.75) is 85.0 Å². The molecule has 1 heterocycles. The van der Waals surface area contributed by atoms with Crippen LogP contribution in [0.2, 0.25) is 0 Å². The number of halogens is 1. The molecule has 0 saturated carbocycles. The lowest BCUT2D eigenvalue weighted by Crippen LogP contribution is -2.34. The Morgan fingerprint density at radius 2 is 1.53 bits per heavy atom. The molecule has 0 fully saturated rings. The molecule has 0 atom stereocenters. The van der Waals surface area contributed by atoms with Gasteiger partial charge in [0, 0.05) is 38.6 Å². The van der Waals surface area contributed by atoms with Gasteiger partial charge in [0.25, 0.3) is 0 Å². The van der Waals surface area contributed by atoms with Crippen LogP contribution >= 0.6 is 10.2 Å². The van der Waals surface area contributed by atoms with E-state index in [0.29, 0.717) is 21.3 Å². The van der Waals surface area contributed by atoms with E-state index in [1.54, 1.807) is 6.08 Å². The fraction of sp³-hybridized carbons (Fsp3) is 0.464. The Labute approximate surface area is 197 Å². The second-order valence-electron chi connectivity index (χ2n) is 9.11. The van der Waals surface area contributed by atoms with Crippen LogP contribution in [-0.4, -0.2) is 26.4 Å². The molecule has 32 heavy (non-hydrogen) atoms. The van der Waals surface area contributed by atoms with Crippen molar-refractivity contribution in [3.63, 3.8) is 0 Å². The number of hydrogen-bond acceptors (Lipinski definition) is 1. The minimum atomic E-state index is -1.33. The molecule has 0 aliphatic heterocycles. The van der Waals surface area contributed by atoms with Gasteiger partial charge in [-0.15, -0.1) is 0 Å². The average Bonchev–Trinajstić information content (AvgIpc) is 3.07. The fourth-order valence-electron chi connectivity index (χ4n) is 4.92. The fourth-order valence-corrected chi connectivity index (χ4v) is 10.3. The Balaban J connectivity index is 4.35. The summed E-state index contributed by atoms with van der Waals surface area (Å²) in [6, 6.07) is 0. The summed E-state index contributed by atoms with van der Waals surface area (Å²) in [7, 11) is -1.33. The van der Waals surface area contributed by atoms with E-state index in [1.165, 1.54) is 0 Å². The van der Waals surface area contributed by atoms with E-state index < -0.39 is 16.0 Å². The SMILES string of the molecule is C=C/C(=C(/F)C(N=C)=C(C)C)c1cn(S(C(C)C)(C(C)C)C(C)C)c(C=C)c1/C(C)=C\C. The quantitative estimate of drug-likeness (QED) is 0.245. The van der Waals surface area contributed by atoms with Gasteiger partial charge in [-0.05, 0) is 51.6 Å². The molecule has 0 aliphatic rings. The molecule has 0 aromatic carbocycles. The molecule has 0 N–H and O–H groups in total. The van der Waals surface area contributed by atoms with Crippen LogP contribution in [-0.2, 0) is 0 Å². The molecule has 0 unspecified atom stereocenters. The van der Waals surface area contributed by atoms with Gasteiger partial charge < -0.3 is 3.97 Å². The van der Waals surface area contributed by atoms with Crippen LogP contribution in [0.15, 0.2) is 53.6 Å². The molecule has 1 aromatic rings. The van der Waals surface area contributed by atoms with Crippen LogP contribution in [0.1, 0.15) is 86.1 Å². The highest BCUT2D eigenvalue weighted by Crippen LogP contribution is 2.63. The predicted molar refractivity (Wildman–Crippen MR) is 148 cm³/mol. The lowest BCUT2D eigenvalue weighted by molar-refractivity contribution is 0.650. The summed E-state index contributed by atoms with van der Waals surface area (Å²) in [6.45, 7) is 33.3. The van der Waals surface area contributed by atoms with E-state index in [4.69, 9.17) is 0 Å².